The van der Waals surface area contributed by atoms with E-state index in [1.807, 2.05) is 25.1 Å². The molecule has 0 aliphatic heterocycles. The van der Waals surface area contributed by atoms with Crippen molar-refractivity contribution >= 4 is 0 Å². The van der Waals surface area contributed by atoms with Crippen molar-refractivity contribution in [2.24, 2.45) is 5.84 Å². The maximum absolute atomic E-state index is 12.9. The van der Waals surface area contributed by atoms with Crippen LogP contribution >= 0.6 is 0 Å². The minimum absolute atomic E-state index is 0.226. The molecule has 1 atom stereocenters. The smallest absolute Gasteiger partial charge is 0.123 e. The van der Waals surface area contributed by atoms with Crippen molar-refractivity contribution in [2.75, 3.05) is 0 Å². The van der Waals surface area contributed by atoms with Crippen LogP contribution in [0.4, 0.5) is 4.39 Å². The van der Waals surface area contributed by atoms with Crippen LogP contribution in [-0.2, 0) is 0 Å². The van der Waals surface area contributed by atoms with Crippen molar-refractivity contribution in [3.05, 3.63) is 65.2 Å². The highest BCUT2D eigenvalue weighted by molar-refractivity contribution is 5.28. The molecule has 1 unspecified atom stereocenters. The molecule has 0 aliphatic carbocycles. The summed E-state index contributed by atoms with van der Waals surface area (Å²) in [4.78, 5) is 4.41. The van der Waals surface area contributed by atoms with Crippen LogP contribution in [0, 0.1) is 12.7 Å². The van der Waals surface area contributed by atoms with Gasteiger partial charge in [-0.2, -0.15) is 0 Å². The van der Waals surface area contributed by atoms with Crippen molar-refractivity contribution in [3.8, 4) is 0 Å². The number of hydrogen-bond acceptors (Lipinski definition) is 3. The van der Waals surface area contributed by atoms with Crippen molar-refractivity contribution in [1.29, 1.82) is 0 Å². The molecule has 3 N–H and O–H groups in total. The first kappa shape index (κ1) is 11.7. The zero-order valence-corrected chi connectivity index (χ0v) is 9.52. The lowest BCUT2D eigenvalue weighted by molar-refractivity contribution is 0.607. The van der Waals surface area contributed by atoms with Gasteiger partial charge in [0, 0.05) is 5.69 Å². The molecule has 0 radical (unpaired) electrons. The summed E-state index contributed by atoms with van der Waals surface area (Å²) in [5.74, 6) is 5.28. The van der Waals surface area contributed by atoms with Crippen molar-refractivity contribution in [1.82, 2.24) is 10.4 Å². The molecule has 1 heterocycles. The van der Waals surface area contributed by atoms with Crippen molar-refractivity contribution in [2.45, 2.75) is 13.0 Å². The molecule has 17 heavy (non-hydrogen) atoms. The lowest BCUT2D eigenvalue weighted by Crippen LogP contribution is -2.29. The van der Waals surface area contributed by atoms with Gasteiger partial charge in [-0.25, -0.2) is 9.82 Å². The van der Waals surface area contributed by atoms with Gasteiger partial charge in [-0.15, -0.1) is 0 Å². The number of halogens is 1. The minimum atomic E-state index is -0.262. The predicted molar refractivity (Wildman–Crippen MR) is 64.5 cm³/mol. The zero-order valence-electron chi connectivity index (χ0n) is 9.52. The number of aryl methyl sites for hydroxylation is 1. The van der Waals surface area contributed by atoms with E-state index in [1.165, 1.54) is 12.1 Å². The van der Waals surface area contributed by atoms with Crippen LogP contribution in [0.15, 0.2) is 42.5 Å². The molecular formula is C13H14FN3. The Morgan fingerprint density at radius 1 is 1.18 bits per heavy atom. The van der Waals surface area contributed by atoms with Crippen LogP contribution in [0.25, 0.3) is 0 Å². The average molecular weight is 231 g/mol. The summed E-state index contributed by atoms with van der Waals surface area (Å²) in [7, 11) is 0. The van der Waals surface area contributed by atoms with Gasteiger partial charge < -0.3 is 0 Å². The summed E-state index contributed by atoms with van der Waals surface area (Å²) in [5.41, 5.74) is 5.32. The molecule has 88 valence electrons. The molecule has 2 rings (SSSR count). The molecule has 0 aliphatic rings. The Labute approximate surface area is 99.5 Å². The average Bonchev–Trinajstić information content (AvgIpc) is 2.33. The van der Waals surface area contributed by atoms with Crippen molar-refractivity contribution in [3.63, 3.8) is 0 Å². The molecule has 0 saturated carbocycles. The predicted octanol–water partition coefficient (Wildman–Crippen LogP) is 2.08. The highest BCUT2D eigenvalue weighted by Gasteiger charge is 2.13. The van der Waals surface area contributed by atoms with E-state index in [1.54, 1.807) is 12.1 Å². The van der Waals surface area contributed by atoms with Crippen LogP contribution < -0.4 is 11.3 Å². The number of nitrogens with two attached hydrogens (primary N) is 1. The second-order valence-corrected chi connectivity index (χ2v) is 3.86. The number of pyridine rings is 1. The maximum atomic E-state index is 12.9. The molecule has 0 bridgehead atoms. The lowest BCUT2D eigenvalue weighted by atomic mass is 10.0. The largest absolute Gasteiger partial charge is 0.271 e. The number of benzene rings is 1. The summed E-state index contributed by atoms with van der Waals surface area (Å²) < 4.78 is 12.9. The van der Waals surface area contributed by atoms with Gasteiger partial charge in [-0.3, -0.25) is 10.8 Å². The second kappa shape index (κ2) is 5.03. The zero-order chi connectivity index (χ0) is 12.3. The molecule has 4 heteroatoms. The normalized spacial score (nSPS) is 12.4. The molecule has 1 aromatic carbocycles. The number of nitrogens with one attached hydrogen (secondary N) is 1. The Bertz CT molecular complexity index is 496. The van der Waals surface area contributed by atoms with Gasteiger partial charge in [0.25, 0.3) is 0 Å². The number of rotatable bonds is 3. The van der Waals surface area contributed by atoms with Gasteiger partial charge in [0.05, 0.1) is 11.7 Å². The van der Waals surface area contributed by atoms with E-state index in [-0.39, 0.29) is 11.9 Å². The Balaban J connectivity index is 2.36. The highest BCUT2D eigenvalue weighted by atomic mass is 19.1. The number of hydrazine groups is 1. The standard InChI is InChI=1S/C13H14FN3/c1-9-3-2-4-12(16-9)13(17-15)10-5-7-11(14)8-6-10/h2-8,13,17H,15H2,1H3. The molecular weight excluding hydrogens is 217 g/mol. The van der Waals surface area contributed by atoms with Gasteiger partial charge in [-0.05, 0) is 36.8 Å². The Morgan fingerprint density at radius 3 is 2.47 bits per heavy atom. The summed E-state index contributed by atoms with van der Waals surface area (Å²) in [6.45, 7) is 1.92. The monoisotopic (exact) mass is 231 g/mol. The van der Waals surface area contributed by atoms with Crippen LogP contribution in [0.3, 0.4) is 0 Å². The number of hydrogen-bond donors (Lipinski definition) is 2. The summed E-state index contributed by atoms with van der Waals surface area (Å²) in [6, 6.07) is 11.7. The SMILES string of the molecule is Cc1cccc(C(NN)c2ccc(F)cc2)n1. The molecule has 0 fully saturated rings. The Morgan fingerprint density at radius 2 is 1.88 bits per heavy atom. The van der Waals surface area contributed by atoms with Gasteiger partial charge in [0.15, 0.2) is 0 Å². The second-order valence-electron chi connectivity index (χ2n) is 3.86. The first-order valence-corrected chi connectivity index (χ1v) is 5.36. The van der Waals surface area contributed by atoms with Gasteiger partial charge >= 0.3 is 0 Å². The van der Waals surface area contributed by atoms with Gasteiger partial charge in [-0.1, -0.05) is 18.2 Å². The van der Waals surface area contributed by atoms with E-state index < -0.39 is 0 Å². The van der Waals surface area contributed by atoms with E-state index in [4.69, 9.17) is 5.84 Å². The van der Waals surface area contributed by atoms with Crippen LogP contribution in [0.5, 0.6) is 0 Å². The molecule has 1 aromatic heterocycles. The highest BCUT2D eigenvalue weighted by Crippen LogP contribution is 2.19. The van der Waals surface area contributed by atoms with Crippen LogP contribution in [0.1, 0.15) is 23.0 Å². The fourth-order valence-electron chi connectivity index (χ4n) is 1.73. The van der Waals surface area contributed by atoms with Crippen LogP contribution in [-0.4, -0.2) is 4.98 Å². The topological polar surface area (TPSA) is 50.9 Å². The summed E-state index contributed by atoms with van der Waals surface area (Å²) in [5, 5.41) is 0. The molecule has 0 saturated heterocycles. The van der Waals surface area contributed by atoms with E-state index in [9.17, 15) is 4.39 Å². The number of aromatic nitrogens is 1. The summed E-state index contributed by atoms with van der Waals surface area (Å²) in [6.07, 6.45) is 0. The van der Waals surface area contributed by atoms with Crippen LogP contribution in [0.2, 0.25) is 0 Å². The third-order valence-electron chi connectivity index (χ3n) is 2.58. The fraction of sp³-hybridized carbons (Fsp3) is 0.154. The molecule has 2 aromatic rings. The van der Waals surface area contributed by atoms with E-state index >= 15 is 0 Å². The molecule has 0 spiro atoms. The quantitative estimate of drug-likeness (QED) is 0.628. The first-order valence-electron chi connectivity index (χ1n) is 5.36. The number of nitrogens with zero attached hydrogens (tertiary/aromatic N) is 1. The van der Waals surface area contributed by atoms with E-state index in [0.717, 1.165) is 17.0 Å². The molecule has 3 nitrogen and oxygen atoms in total. The van der Waals surface area contributed by atoms with E-state index in [0.29, 0.717) is 0 Å². The fourth-order valence-corrected chi connectivity index (χ4v) is 1.73. The maximum Gasteiger partial charge on any atom is 0.123 e. The third kappa shape index (κ3) is 2.67. The Kier molecular flexibility index (Phi) is 3.46. The minimum Gasteiger partial charge on any atom is -0.271 e. The molecule has 0 amide bonds. The van der Waals surface area contributed by atoms with E-state index in [2.05, 4.69) is 10.4 Å². The van der Waals surface area contributed by atoms with Gasteiger partial charge in [0.2, 0.25) is 0 Å². The summed E-state index contributed by atoms with van der Waals surface area (Å²) >= 11 is 0. The first-order chi connectivity index (χ1) is 8.20. The third-order valence-corrected chi connectivity index (χ3v) is 2.58. The van der Waals surface area contributed by atoms with Gasteiger partial charge in [0.1, 0.15) is 5.82 Å². The Hall–Kier alpha value is -1.78. The van der Waals surface area contributed by atoms with Crippen molar-refractivity contribution < 1.29 is 4.39 Å². The lowest BCUT2D eigenvalue weighted by Gasteiger charge is -2.16.